The smallest absolute Gasteiger partial charge is 0.251 e. The number of amides is 1. The molecule has 2 aromatic carbocycles. The maximum atomic E-state index is 12.2. The van der Waals surface area contributed by atoms with Gasteiger partial charge in [-0.1, -0.05) is 18.2 Å². The molecule has 0 radical (unpaired) electrons. The Morgan fingerprint density at radius 2 is 1.82 bits per heavy atom. The zero-order valence-electron chi connectivity index (χ0n) is 11.8. The molecule has 1 amide bonds. The molecule has 7 heteroatoms. The number of benzene rings is 2. The van der Waals surface area contributed by atoms with Gasteiger partial charge in [-0.25, -0.2) is 13.6 Å². The Balaban J connectivity index is 2.12. The van der Waals surface area contributed by atoms with E-state index in [0.717, 1.165) is 9.13 Å². The van der Waals surface area contributed by atoms with Crippen LogP contribution in [0.4, 0.5) is 0 Å². The van der Waals surface area contributed by atoms with E-state index in [4.69, 9.17) is 5.14 Å². The fourth-order valence-electron chi connectivity index (χ4n) is 1.94. The van der Waals surface area contributed by atoms with Crippen LogP contribution in [0.2, 0.25) is 0 Å². The van der Waals surface area contributed by atoms with E-state index in [-0.39, 0.29) is 16.8 Å². The minimum atomic E-state index is -3.70. The molecule has 0 spiro atoms. The molecule has 22 heavy (non-hydrogen) atoms. The number of nitrogens with one attached hydrogen (secondary N) is 1. The summed E-state index contributed by atoms with van der Waals surface area (Å²) in [6, 6.07) is 13.2. The molecule has 2 aromatic rings. The second-order valence-corrected chi connectivity index (χ2v) is 7.63. The topological polar surface area (TPSA) is 89.3 Å². The third-order valence-electron chi connectivity index (χ3n) is 3.14. The van der Waals surface area contributed by atoms with E-state index in [2.05, 4.69) is 27.9 Å². The van der Waals surface area contributed by atoms with Gasteiger partial charge in [-0.05, 0) is 65.4 Å². The minimum absolute atomic E-state index is 0.0485. The maximum absolute atomic E-state index is 12.2. The standard InChI is InChI=1S/C15H15IN2O3S/c1-10(11-5-7-14(8-6-11)22(17,20)21)18-15(19)12-3-2-4-13(16)9-12/h2-10H,1H3,(H,18,19)(H2,17,20,21)/t10-/m0/s1. The van der Waals surface area contributed by atoms with Crippen LogP contribution in [0.3, 0.4) is 0 Å². The summed E-state index contributed by atoms with van der Waals surface area (Å²) in [7, 11) is -3.70. The number of halogens is 1. The molecule has 0 unspecified atom stereocenters. The molecule has 0 aliphatic rings. The Morgan fingerprint density at radius 1 is 1.18 bits per heavy atom. The van der Waals surface area contributed by atoms with Gasteiger partial charge in [0.05, 0.1) is 10.9 Å². The molecular formula is C15H15IN2O3S. The number of rotatable bonds is 4. The summed E-state index contributed by atoms with van der Waals surface area (Å²) >= 11 is 2.15. The first kappa shape index (κ1) is 16.9. The van der Waals surface area contributed by atoms with Crippen LogP contribution in [0.25, 0.3) is 0 Å². The molecule has 0 bridgehead atoms. The van der Waals surface area contributed by atoms with Crippen molar-refractivity contribution < 1.29 is 13.2 Å². The van der Waals surface area contributed by atoms with Crippen molar-refractivity contribution in [2.24, 2.45) is 5.14 Å². The molecule has 5 nitrogen and oxygen atoms in total. The molecule has 0 aromatic heterocycles. The van der Waals surface area contributed by atoms with Crippen molar-refractivity contribution in [1.82, 2.24) is 5.32 Å². The van der Waals surface area contributed by atoms with Crippen LogP contribution >= 0.6 is 22.6 Å². The van der Waals surface area contributed by atoms with Gasteiger partial charge in [0.25, 0.3) is 5.91 Å². The highest BCUT2D eigenvalue weighted by Crippen LogP contribution is 2.16. The van der Waals surface area contributed by atoms with E-state index in [1.54, 1.807) is 24.3 Å². The van der Waals surface area contributed by atoms with E-state index in [9.17, 15) is 13.2 Å². The van der Waals surface area contributed by atoms with Crippen LogP contribution in [-0.4, -0.2) is 14.3 Å². The molecule has 3 N–H and O–H groups in total. The fraction of sp³-hybridized carbons (Fsp3) is 0.133. The molecule has 0 heterocycles. The largest absolute Gasteiger partial charge is 0.346 e. The van der Waals surface area contributed by atoms with Crippen LogP contribution in [-0.2, 0) is 10.0 Å². The lowest BCUT2D eigenvalue weighted by Crippen LogP contribution is -2.26. The van der Waals surface area contributed by atoms with Crippen LogP contribution in [0.5, 0.6) is 0 Å². The number of hydrogen-bond donors (Lipinski definition) is 2. The van der Waals surface area contributed by atoms with Crippen molar-refractivity contribution in [2.45, 2.75) is 17.9 Å². The van der Waals surface area contributed by atoms with Crippen molar-refractivity contribution >= 4 is 38.5 Å². The SMILES string of the molecule is C[C@H](NC(=O)c1cccc(I)c1)c1ccc(S(N)(=O)=O)cc1. The predicted octanol–water partition coefficient (Wildman–Crippen LogP) is 2.43. The highest BCUT2D eigenvalue weighted by Gasteiger charge is 2.13. The van der Waals surface area contributed by atoms with Gasteiger partial charge in [-0.15, -0.1) is 0 Å². The van der Waals surface area contributed by atoms with E-state index >= 15 is 0 Å². The highest BCUT2D eigenvalue weighted by molar-refractivity contribution is 14.1. The van der Waals surface area contributed by atoms with E-state index < -0.39 is 10.0 Å². The molecule has 0 fully saturated rings. The molecule has 0 aliphatic carbocycles. The van der Waals surface area contributed by atoms with Gasteiger partial charge in [0, 0.05) is 9.13 Å². The average molecular weight is 430 g/mol. The molecule has 0 aliphatic heterocycles. The third-order valence-corrected chi connectivity index (χ3v) is 4.74. The van der Waals surface area contributed by atoms with Crippen LogP contribution in [0.15, 0.2) is 53.4 Å². The Labute approximate surface area is 143 Å². The summed E-state index contributed by atoms with van der Waals surface area (Å²) in [6.45, 7) is 1.83. The second kappa shape index (κ2) is 6.76. The van der Waals surface area contributed by atoms with Crippen molar-refractivity contribution in [1.29, 1.82) is 0 Å². The predicted molar refractivity (Wildman–Crippen MR) is 92.9 cm³/mol. The van der Waals surface area contributed by atoms with Crippen LogP contribution < -0.4 is 10.5 Å². The summed E-state index contributed by atoms with van der Waals surface area (Å²) in [4.78, 5) is 12.2. The molecule has 0 saturated heterocycles. The minimum Gasteiger partial charge on any atom is -0.346 e. The Kier molecular flexibility index (Phi) is 5.20. The van der Waals surface area contributed by atoms with Gasteiger partial charge in [0.15, 0.2) is 0 Å². The first-order valence-corrected chi connectivity index (χ1v) is 9.09. The first-order valence-electron chi connectivity index (χ1n) is 6.46. The number of sulfonamides is 1. The Morgan fingerprint density at radius 3 is 2.36 bits per heavy atom. The zero-order chi connectivity index (χ0) is 16.3. The number of nitrogens with two attached hydrogens (primary N) is 1. The number of hydrogen-bond acceptors (Lipinski definition) is 3. The van der Waals surface area contributed by atoms with E-state index in [1.807, 2.05) is 19.1 Å². The van der Waals surface area contributed by atoms with Crippen molar-refractivity contribution in [3.63, 3.8) is 0 Å². The van der Waals surface area contributed by atoms with Crippen molar-refractivity contribution in [3.8, 4) is 0 Å². The molecule has 1 atom stereocenters. The van der Waals surface area contributed by atoms with Gasteiger partial charge in [-0.3, -0.25) is 4.79 Å². The van der Waals surface area contributed by atoms with Crippen molar-refractivity contribution in [2.75, 3.05) is 0 Å². The lowest BCUT2D eigenvalue weighted by atomic mass is 10.1. The monoisotopic (exact) mass is 430 g/mol. The first-order chi connectivity index (χ1) is 10.3. The zero-order valence-corrected chi connectivity index (χ0v) is 14.8. The quantitative estimate of drug-likeness (QED) is 0.731. The van der Waals surface area contributed by atoms with Gasteiger partial charge in [0.1, 0.15) is 0 Å². The van der Waals surface area contributed by atoms with Gasteiger partial charge < -0.3 is 5.32 Å². The van der Waals surface area contributed by atoms with Crippen LogP contribution in [0, 0.1) is 3.57 Å². The highest BCUT2D eigenvalue weighted by atomic mass is 127. The fourth-order valence-corrected chi connectivity index (χ4v) is 3.00. The number of carbonyl (C=O) groups excluding carboxylic acids is 1. The van der Waals surface area contributed by atoms with E-state index in [0.29, 0.717) is 5.56 Å². The summed E-state index contributed by atoms with van der Waals surface area (Å²) < 4.78 is 23.4. The second-order valence-electron chi connectivity index (χ2n) is 4.82. The summed E-state index contributed by atoms with van der Waals surface area (Å²) in [5.74, 6) is -0.179. The van der Waals surface area contributed by atoms with Gasteiger partial charge >= 0.3 is 0 Å². The Hall–Kier alpha value is -1.45. The molecule has 116 valence electrons. The van der Waals surface area contributed by atoms with Crippen LogP contribution in [0.1, 0.15) is 28.9 Å². The van der Waals surface area contributed by atoms with Gasteiger partial charge in [0.2, 0.25) is 10.0 Å². The molecule has 2 rings (SSSR count). The van der Waals surface area contributed by atoms with Gasteiger partial charge in [-0.2, -0.15) is 0 Å². The third kappa shape index (κ3) is 4.28. The molecule has 0 saturated carbocycles. The summed E-state index contributed by atoms with van der Waals surface area (Å²) in [5, 5.41) is 7.93. The average Bonchev–Trinajstić information content (AvgIpc) is 2.46. The van der Waals surface area contributed by atoms with E-state index in [1.165, 1.54) is 12.1 Å². The lowest BCUT2D eigenvalue weighted by molar-refractivity contribution is 0.0940. The summed E-state index contributed by atoms with van der Waals surface area (Å²) in [6.07, 6.45) is 0. The Bertz CT molecular complexity index is 789. The molecular weight excluding hydrogens is 415 g/mol. The number of primary sulfonamides is 1. The maximum Gasteiger partial charge on any atom is 0.251 e. The number of carbonyl (C=O) groups is 1. The summed E-state index contributed by atoms with van der Waals surface area (Å²) in [5.41, 5.74) is 1.38. The van der Waals surface area contributed by atoms with Crippen molar-refractivity contribution in [3.05, 3.63) is 63.2 Å². The lowest BCUT2D eigenvalue weighted by Gasteiger charge is -2.15. The normalized spacial score (nSPS) is 12.7.